The molecule has 0 aromatic heterocycles. The average molecular weight is 388 g/mol. The molecule has 3 aromatic rings. The Morgan fingerprint density at radius 1 is 1.00 bits per heavy atom. The predicted molar refractivity (Wildman–Crippen MR) is 110 cm³/mol. The fourth-order valence-corrected chi connectivity index (χ4v) is 3.03. The maximum absolute atomic E-state index is 14.1. The number of carbonyl (C=O) groups is 1. The molecule has 0 aliphatic carbocycles. The van der Waals surface area contributed by atoms with Crippen LogP contribution in [0, 0.1) is 5.82 Å². The molecule has 0 saturated heterocycles. The lowest BCUT2D eigenvalue weighted by Crippen LogP contribution is -2.32. The molecular formula is C23H17FN2O3. The first-order valence-corrected chi connectivity index (χ1v) is 8.89. The van der Waals surface area contributed by atoms with Crippen LogP contribution in [-0.4, -0.2) is 24.0 Å². The van der Waals surface area contributed by atoms with E-state index >= 15 is 0 Å². The Kier molecular flexibility index (Phi) is 4.83. The summed E-state index contributed by atoms with van der Waals surface area (Å²) in [6.45, 7) is 0. The van der Waals surface area contributed by atoms with E-state index in [1.54, 1.807) is 61.7 Å². The van der Waals surface area contributed by atoms with Crippen LogP contribution in [0.4, 0.5) is 10.1 Å². The Morgan fingerprint density at radius 3 is 2.34 bits per heavy atom. The number of rotatable bonds is 4. The number of amidine groups is 1. The maximum Gasteiger partial charge on any atom is 0.282 e. The number of phenols is 1. The second-order valence-corrected chi connectivity index (χ2v) is 6.37. The van der Waals surface area contributed by atoms with Crippen LogP contribution in [0.5, 0.6) is 11.5 Å². The Morgan fingerprint density at radius 2 is 1.69 bits per heavy atom. The Labute approximate surface area is 167 Å². The lowest BCUT2D eigenvalue weighted by atomic mass is 10.1. The summed E-state index contributed by atoms with van der Waals surface area (Å²) in [6.07, 6.45) is 1.43. The number of hydrogen-bond donors (Lipinski definition) is 1. The van der Waals surface area contributed by atoms with Gasteiger partial charge in [0.15, 0.2) is 0 Å². The fourth-order valence-electron chi connectivity index (χ4n) is 3.03. The van der Waals surface area contributed by atoms with E-state index in [9.17, 15) is 14.3 Å². The SMILES string of the molecule is COc1ccc(C2=N/C(=C/c3ccccc3F)C(=O)N2c2ccc(O)cc2)cc1. The van der Waals surface area contributed by atoms with Crippen molar-refractivity contribution in [2.24, 2.45) is 4.99 Å². The molecule has 0 radical (unpaired) electrons. The number of anilines is 1. The summed E-state index contributed by atoms with van der Waals surface area (Å²) < 4.78 is 19.3. The van der Waals surface area contributed by atoms with Crippen molar-refractivity contribution in [3.63, 3.8) is 0 Å². The molecule has 1 amide bonds. The molecule has 6 heteroatoms. The minimum Gasteiger partial charge on any atom is -0.508 e. The second kappa shape index (κ2) is 7.59. The summed E-state index contributed by atoms with van der Waals surface area (Å²) in [5.74, 6) is 0.357. The second-order valence-electron chi connectivity index (χ2n) is 6.37. The number of amides is 1. The molecule has 144 valence electrons. The lowest BCUT2D eigenvalue weighted by molar-refractivity contribution is -0.113. The summed E-state index contributed by atoms with van der Waals surface area (Å²) in [5.41, 5.74) is 1.64. The normalized spacial score (nSPS) is 15.0. The molecule has 0 bridgehead atoms. The Balaban J connectivity index is 1.82. The van der Waals surface area contributed by atoms with E-state index in [-0.39, 0.29) is 22.9 Å². The molecule has 1 N–H and O–H groups in total. The zero-order valence-electron chi connectivity index (χ0n) is 15.5. The molecule has 0 fully saturated rings. The molecule has 29 heavy (non-hydrogen) atoms. The maximum atomic E-state index is 14.1. The van der Waals surface area contributed by atoms with Crippen molar-refractivity contribution in [1.82, 2.24) is 0 Å². The number of phenolic OH excluding ortho intramolecular Hbond substituents is 1. The number of aromatic hydroxyl groups is 1. The summed E-state index contributed by atoms with van der Waals surface area (Å²) in [5, 5.41) is 9.58. The van der Waals surface area contributed by atoms with Gasteiger partial charge in [-0.25, -0.2) is 9.38 Å². The number of methoxy groups -OCH3 is 1. The van der Waals surface area contributed by atoms with E-state index in [1.165, 1.54) is 29.2 Å². The monoisotopic (exact) mass is 388 g/mol. The van der Waals surface area contributed by atoms with Crippen molar-refractivity contribution in [2.45, 2.75) is 0 Å². The number of nitrogens with zero attached hydrogens (tertiary/aromatic N) is 2. The molecule has 1 heterocycles. The molecule has 1 aliphatic heterocycles. The third kappa shape index (κ3) is 3.60. The van der Waals surface area contributed by atoms with Crippen molar-refractivity contribution < 1.29 is 19.0 Å². The molecule has 5 nitrogen and oxygen atoms in total. The van der Waals surface area contributed by atoms with Crippen molar-refractivity contribution >= 4 is 23.5 Å². The zero-order chi connectivity index (χ0) is 20.4. The number of aliphatic imine (C=N–C) groups is 1. The topological polar surface area (TPSA) is 62.1 Å². The van der Waals surface area contributed by atoms with Crippen LogP contribution < -0.4 is 9.64 Å². The van der Waals surface area contributed by atoms with Gasteiger partial charge in [-0.1, -0.05) is 18.2 Å². The molecule has 0 unspecified atom stereocenters. The Bertz CT molecular complexity index is 1120. The molecular weight excluding hydrogens is 371 g/mol. The summed E-state index contributed by atoms with van der Waals surface area (Å²) in [4.78, 5) is 19.1. The van der Waals surface area contributed by atoms with Crippen molar-refractivity contribution in [2.75, 3.05) is 12.0 Å². The molecule has 0 spiro atoms. The van der Waals surface area contributed by atoms with Crippen molar-refractivity contribution in [3.8, 4) is 11.5 Å². The number of benzene rings is 3. The van der Waals surface area contributed by atoms with Gasteiger partial charge in [-0.15, -0.1) is 0 Å². The van der Waals surface area contributed by atoms with Crippen molar-refractivity contribution in [1.29, 1.82) is 0 Å². The first-order chi connectivity index (χ1) is 14.1. The highest BCUT2D eigenvalue weighted by molar-refractivity contribution is 6.33. The average Bonchev–Trinajstić information content (AvgIpc) is 3.06. The van der Waals surface area contributed by atoms with Gasteiger partial charge in [-0.2, -0.15) is 0 Å². The van der Waals surface area contributed by atoms with E-state index in [0.29, 0.717) is 22.8 Å². The number of halogens is 1. The lowest BCUT2D eigenvalue weighted by Gasteiger charge is -2.18. The van der Waals surface area contributed by atoms with Crippen LogP contribution in [0.25, 0.3) is 6.08 Å². The van der Waals surface area contributed by atoms with E-state index in [0.717, 1.165) is 0 Å². The highest BCUT2D eigenvalue weighted by atomic mass is 19.1. The van der Waals surface area contributed by atoms with Gasteiger partial charge >= 0.3 is 0 Å². The van der Waals surface area contributed by atoms with E-state index in [1.807, 2.05) is 0 Å². The molecule has 4 rings (SSSR count). The van der Waals surface area contributed by atoms with Crippen molar-refractivity contribution in [3.05, 3.63) is 95.4 Å². The van der Waals surface area contributed by atoms with Crippen LogP contribution in [0.1, 0.15) is 11.1 Å². The van der Waals surface area contributed by atoms with Gasteiger partial charge in [-0.05, 0) is 60.7 Å². The van der Waals surface area contributed by atoms with E-state index in [2.05, 4.69) is 4.99 Å². The molecule has 1 aliphatic rings. The predicted octanol–water partition coefficient (Wildman–Crippen LogP) is 4.37. The minimum absolute atomic E-state index is 0.0884. The number of hydrogen-bond acceptors (Lipinski definition) is 4. The first-order valence-electron chi connectivity index (χ1n) is 8.89. The van der Waals surface area contributed by atoms with Gasteiger partial charge in [0.25, 0.3) is 5.91 Å². The number of carbonyl (C=O) groups excluding carboxylic acids is 1. The largest absolute Gasteiger partial charge is 0.508 e. The minimum atomic E-state index is -0.433. The van der Waals surface area contributed by atoms with Crippen LogP contribution in [0.2, 0.25) is 0 Å². The van der Waals surface area contributed by atoms with Crippen LogP contribution in [0.3, 0.4) is 0 Å². The smallest absolute Gasteiger partial charge is 0.282 e. The summed E-state index contributed by atoms with van der Waals surface area (Å²) in [7, 11) is 1.57. The zero-order valence-corrected chi connectivity index (χ0v) is 15.5. The first kappa shape index (κ1) is 18.4. The van der Waals surface area contributed by atoms with Crippen LogP contribution in [0.15, 0.2) is 83.5 Å². The third-order valence-electron chi connectivity index (χ3n) is 4.51. The van der Waals surface area contributed by atoms with E-state index in [4.69, 9.17) is 4.74 Å². The van der Waals surface area contributed by atoms with Crippen LogP contribution >= 0.6 is 0 Å². The van der Waals surface area contributed by atoms with Gasteiger partial charge in [-0.3, -0.25) is 9.69 Å². The van der Waals surface area contributed by atoms with Gasteiger partial charge in [0.1, 0.15) is 28.8 Å². The molecule has 0 saturated carbocycles. The third-order valence-corrected chi connectivity index (χ3v) is 4.51. The van der Waals surface area contributed by atoms with Crippen LogP contribution in [-0.2, 0) is 4.79 Å². The van der Waals surface area contributed by atoms with Gasteiger partial charge < -0.3 is 9.84 Å². The Hall–Kier alpha value is -3.93. The fraction of sp³-hybridized carbons (Fsp3) is 0.0435. The van der Waals surface area contributed by atoms with Gasteiger partial charge in [0.05, 0.1) is 12.8 Å². The molecule has 0 atom stereocenters. The highest BCUT2D eigenvalue weighted by Gasteiger charge is 2.32. The standard InChI is InChI=1S/C23H17FN2O3/c1-29-19-12-6-15(7-13-19)22-25-21(14-16-4-2-3-5-20(16)24)23(28)26(22)17-8-10-18(27)11-9-17/h2-14,27H,1H3/b21-14+. The van der Waals surface area contributed by atoms with E-state index < -0.39 is 5.82 Å². The quantitative estimate of drug-likeness (QED) is 0.675. The molecule has 3 aromatic carbocycles. The highest BCUT2D eigenvalue weighted by Crippen LogP contribution is 2.29. The van der Waals surface area contributed by atoms with Gasteiger partial charge in [0.2, 0.25) is 0 Å². The number of ether oxygens (including phenoxy) is 1. The van der Waals surface area contributed by atoms with Gasteiger partial charge in [0, 0.05) is 11.1 Å². The summed E-state index contributed by atoms with van der Waals surface area (Å²) in [6, 6.07) is 19.6. The summed E-state index contributed by atoms with van der Waals surface area (Å²) >= 11 is 0.